The minimum Gasteiger partial charge on any atom is -0.383 e. The zero-order chi connectivity index (χ0) is 10.7. The molecule has 0 aliphatic carbocycles. The van der Waals surface area contributed by atoms with E-state index in [0.29, 0.717) is 6.04 Å². The van der Waals surface area contributed by atoms with Crippen LogP contribution >= 0.6 is 0 Å². The van der Waals surface area contributed by atoms with Gasteiger partial charge in [0.15, 0.2) is 0 Å². The van der Waals surface area contributed by atoms with Gasteiger partial charge in [0.2, 0.25) is 0 Å². The molecule has 82 valence electrons. The lowest BCUT2D eigenvalue weighted by Crippen LogP contribution is -2.29. The van der Waals surface area contributed by atoms with Gasteiger partial charge < -0.3 is 10.6 Å². The molecule has 1 unspecified atom stereocenters. The van der Waals surface area contributed by atoms with Crippen LogP contribution in [0, 0.1) is 13.8 Å². The van der Waals surface area contributed by atoms with E-state index in [9.17, 15) is 0 Å². The minimum absolute atomic E-state index is 0.657. The second-order valence-corrected chi connectivity index (χ2v) is 4.42. The van der Waals surface area contributed by atoms with Crippen molar-refractivity contribution >= 4 is 5.69 Å². The van der Waals surface area contributed by atoms with Crippen LogP contribution in [-0.2, 0) is 0 Å². The Morgan fingerprint density at radius 2 is 2.27 bits per heavy atom. The molecule has 0 radical (unpaired) electrons. The predicted molar refractivity (Wildman–Crippen MR) is 65.4 cm³/mol. The Bertz CT molecular complexity index is 327. The summed E-state index contributed by atoms with van der Waals surface area (Å²) in [7, 11) is 0. The quantitative estimate of drug-likeness (QED) is 0.790. The summed E-state index contributed by atoms with van der Waals surface area (Å²) in [6.45, 7) is 6.57. The molecule has 0 spiro atoms. The number of nitrogens with one attached hydrogen (secondary N) is 2. The summed E-state index contributed by atoms with van der Waals surface area (Å²) in [6.07, 6.45) is 2.62. The molecular weight excluding hydrogens is 184 g/mol. The molecule has 1 aromatic carbocycles. The fraction of sp³-hybridized carbons (Fsp3) is 0.538. The van der Waals surface area contributed by atoms with Crippen molar-refractivity contribution in [3.05, 3.63) is 29.3 Å². The van der Waals surface area contributed by atoms with Crippen LogP contribution in [0.4, 0.5) is 5.69 Å². The fourth-order valence-corrected chi connectivity index (χ4v) is 2.11. The molecule has 1 atom stereocenters. The van der Waals surface area contributed by atoms with Crippen molar-refractivity contribution in [1.82, 2.24) is 5.32 Å². The topological polar surface area (TPSA) is 24.1 Å². The van der Waals surface area contributed by atoms with Crippen molar-refractivity contribution in [3.8, 4) is 0 Å². The Hall–Kier alpha value is -1.02. The van der Waals surface area contributed by atoms with Gasteiger partial charge in [0.25, 0.3) is 0 Å². The zero-order valence-electron chi connectivity index (χ0n) is 9.64. The predicted octanol–water partition coefficient (Wildman–Crippen LogP) is 2.47. The first kappa shape index (κ1) is 10.5. The van der Waals surface area contributed by atoms with Crippen LogP contribution in [0.3, 0.4) is 0 Å². The third kappa shape index (κ3) is 2.51. The Morgan fingerprint density at radius 3 is 3.00 bits per heavy atom. The molecule has 1 heterocycles. The second kappa shape index (κ2) is 4.67. The molecule has 0 aromatic heterocycles. The number of aryl methyl sites for hydroxylation is 1. The molecule has 1 saturated heterocycles. The maximum Gasteiger partial charge on any atom is 0.0373 e. The molecule has 2 nitrogen and oxygen atoms in total. The Balaban J connectivity index is 1.95. The Morgan fingerprint density at radius 1 is 1.40 bits per heavy atom. The van der Waals surface area contributed by atoms with E-state index < -0.39 is 0 Å². The van der Waals surface area contributed by atoms with Crippen LogP contribution in [0.25, 0.3) is 0 Å². The van der Waals surface area contributed by atoms with Crippen LogP contribution in [0.1, 0.15) is 24.0 Å². The molecule has 2 heteroatoms. The fourth-order valence-electron chi connectivity index (χ4n) is 2.11. The molecule has 1 aliphatic heterocycles. The van der Waals surface area contributed by atoms with E-state index in [4.69, 9.17) is 0 Å². The first-order chi connectivity index (χ1) is 7.27. The maximum atomic E-state index is 3.53. The van der Waals surface area contributed by atoms with E-state index in [1.807, 2.05) is 0 Å². The third-order valence-electron chi connectivity index (χ3n) is 3.31. The Labute approximate surface area is 92.1 Å². The largest absolute Gasteiger partial charge is 0.383 e. The Kier molecular flexibility index (Phi) is 3.27. The summed E-state index contributed by atoms with van der Waals surface area (Å²) in [5.41, 5.74) is 4.01. The van der Waals surface area contributed by atoms with Gasteiger partial charge in [0.1, 0.15) is 0 Å². The normalized spacial score (nSPS) is 20.5. The van der Waals surface area contributed by atoms with E-state index in [1.165, 1.54) is 36.2 Å². The summed E-state index contributed by atoms with van der Waals surface area (Å²) >= 11 is 0. The van der Waals surface area contributed by atoms with Crippen LogP contribution in [0.2, 0.25) is 0 Å². The van der Waals surface area contributed by atoms with Gasteiger partial charge in [-0.2, -0.15) is 0 Å². The molecule has 1 aromatic rings. The van der Waals surface area contributed by atoms with Crippen LogP contribution < -0.4 is 10.6 Å². The molecule has 2 N–H and O–H groups in total. The van der Waals surface area contributed by atoms with E-state index in [0.717, 1.165) is 6.54 Å². The maximum absolute atomic E-state index is 3.53. The van der Waals surface area contributed by atoms with Gasteiger partial charge in [-0.15, -0.1) is 0 Å². The van der Waals surface area contributed by atoms with Crippen LogP contribution in [-0.4, -0.2) is 19.1 Å². The number of rotatable bonds is 3. The summed E-state index contributed by atoms with van der Waals surface area (Å²) in [4.78, 5) is 0. The number of hydrogen-bond donors (Lipinski definition) is 2. The molecule has 1 aliphatic rings. The van der Waals surface area contributed by atoms with E-state index in [1.54, 1.807) is 0 Å². The van der Waals surface area contributed by atoms with Crippen molar-refractivity contribution in [1.29, 1.82) is 0 Å². The highest BCUT2D eigenvalue weighted by molar-refractivity contribution is 5.53. The first-order valence-electron chi connectivity index (χ1n) is 5.81. The van der Waals surface area contributed by atoms with Crippen LogP contribution in [0.5, 0.6) is 0 Å². The number of anilines is 1. The van der Waals surface area contributed by atoms with Gasteiger partial charge >= 0.3 is 0 Å². The molecular formula is C13H20N2. The van der Waals surface area contributed by atoms with Crippen LogP contribution in [0.15, 0.2) is 18.2 Å². The molecule has 0 saturated carbocycles. The average molecular weight is 204 g/mol. The summed E-state index contributed by atoms with van der Waals surface area (Å²) in [6, 6.07) is 7.10. The first-order valence-corrected chi connectivity index (χ1v) is 5.81. The van der Waals surface area contributed by atoms with Gasteiger partial charge in [-0.25, -0.2) is 0 Å². The number of hydrogen-bond acceptors (Lipinski definition) is 2. The molecule has 15 heavy (non-hydrogen) atoms. The van der Waals surface area contributed by atoms with Gasteiger partial charge in [0, 0.05) is 18.3 Å². The zero-order valence-corrected chi connectivity index (χ0v) is 9.64. The van der Waals surface area contributed by atoms with Crippen molar-refractivity contribution in [2.45, 2.75) is 32.7 Å². The van der Waals surface area contributed by atoms with Gasteiger partial charge in [0.05, 0.1) is 0 Å². The minimum atomic E-state index is 0.657. The van der Waals surface area contributed by atoms with Crippen molar-refractivity contribution in [2.24, 2.45) is 0 Å². The molecule has 0 amide bonds. The SMILES string of the molecule is Cc1cccc(NCC2CCCN2)c1C. The smallest absolute Gasteiger partial charge is 0.0373 e. The van der Waals surface area contributed by atoms with Crippen molar-refractivity contribution in [2.75, 3.05) is 18.4 Å². The lowest BCUT2D eigenvalue weighted by atomic mass is 10.1. The molecule has 2 rings (SSSR count). The average Bonchev–Trinajstić information content (AvgIpc) is 2.73. The summed E-state index contributed by atoms with van der Waals surface area (Å²) in [5.74, 6) is 0. The molecule has 1 fully saturated rings. The van der Waals surface area contributed by atoms with Gasteiger partial charge in [-0.05, 0) is 50.4 Å². The van der Waals surface area contributed by atoms with E-state index in [2.05, 4.69) is 42.7 Å². The lowest BCUT2D eigenvalue weighted by Gasteiger charge is -2.15. The van der Waals surface area contributed by atoms with Gasteiger partial charge in [-0.1, -0.05) is 12.1 Å². The van der Waals surface area contributed by atoms with Gasteiger partial charge in [-0.3, -0.25) is 0 Å². The second-order valence-electron chi connectivity index (χ2n) is 4.42. The summed E-state index contributed by atoms with van der Waals surface area (Å²) < 4.78 is 0. The standard InChI is InChI=1S/C13H20N2/c1-10-5-3-7-13(11(10)2)15-9-12-6-4-8-14-12/h3,5,7,12,14-15H,4,6,8-9H2,1-2H3. The van der Waals surface area contributed by atoms with E-state index in [-0.39, 0.29) is 0 Å². The highest BCUT2D eigenvalue weighted by Crippen LogP contribution is 2.18. The van der Waals surface area contributed by atoms with E-state index >= 15 is 0 Å². The van der Waals surface area contributed by atoms with Crippen molar-refractivity contribution < 1.29 is 0 Å². The van der Waals surface area contributed by atoms with Crippen molar-refractivity contribution in [3.63, 3.8) is 0 Å². The highest BCUT2D eigenvalue weighted by Gasteiger charge is 2.13. The monoisotopic (exact) mass is 204 g/mol. The highest BCUT2D eigenvalue weighted by atomic mass is 15.0. The summed E-state index contributed by atoms with van der Waals surface area (Å²) in [5, 5.41) is 7.03. The third-order valence-corrected chi connectivity index (χ3v) is 3.31. The lowest BCUT2D eigenvalue weighted by molar-refractivity contribution is 0.633. The number of benzene rings is 1. The molecule has 0 bridgehead atoms.